The van der Waals surface area contributed by atoms with E-state index in [4.69, 9.17) is 0 Å². The Kier molecular flexibility index (Phi) is 4.91. The van der Waals surface area contributed by atoms with Crippen LogP contribution in [-0.4, -0.2) is 37.3 Å². The first-order valence-corrected chi connectivity index (χ1v) is 5.44. The van der Waals surface area contributed by atoms with Crippen LogP contribution in [0.2, 0.25) is 0 Å². The Hall–Kier alpha value is -1.86. The van der Waals surface area contributed by atoms with E-state index in [1.54, 1.807) is 0 Å². The number of benzene rings is 1. The molecule has 112 valence electrons. The van der Waals surface area contributed by atoms with Gasteiger partial charge in [-0.2, -0.15) is 8.78 Å². The molecule has 0 N–H and O–H groups in total. The van der Waals surface area contributed by atoms with Crippen LogP contribution in [0.3, 0.4) is 0 Å². The lowest BCUT2D eigenvalue weighted by Gasteiger charge is -2.23. The number of hydrogen-bond acceptors (Lipinski definition) is 2. The highest BCUT2D eigenvalue weighted by atomic mass is 19.3. The van der Waals surface area contributed by atoms with Gasteiger partial charge in [-0.1, -0.05) is 6.07 Å². The first kappa shape index (κ1) is 16.2. The fourth-order valence-electron chi connectivity index (χ4n) is 1.50. The van der Waals surface area contributed by atoms with Crippen molar-refractivity contribution in [3.63, 3.8) is 0 Å². The molecule has 0 fully saturated rings. The summed E-state index contributed by atoms with van der Waals surface area (Å²) in [4.78, 5) is 11.6. The summed E-state index contributed by atoms with van der Waals surface area (Å²) < 4.78 is 67.8. The molecule has 0 unspecified atom stereocenters. The summed E-state index contributed by atoms with van der Waals surface area (Å²) in [7, 11) is 2.18. The number of hydrogen-bond donors (Lipinski definition) is 0. The average Bonchev–Trinajstić information content (AvgIpc) is 2.37. The summed E-state index contributed by atoms with van der Waals surface area (Å²) >= 11 is 0. The fourth-order valence-corrected chi connectivity index (χ4v) is 1.50. The van der Waals surface area contributed by atoms with Crippen LogP contribution in [0.5, 0.6) is 5.75 Å². The van der Waals surface area contributed by atoms with E-state index in [0.29, 0.717) is 4.90 Å². The highest BCUT2D eigenvalue weighted by Crippen LogP contribution is 2.26. The SMILES string of the molecule is COc1ccc(CN(C)C(=O)C(F)(F)C(F)F)cc1F. The van der Waals surface area contributed by atoms with Gasteiger partial charge in [-0.15, -0.1) is 0 Å². The van der Waals surface area contributed by atoms with Gasteiger partial charge >= 0.3 is 12.3 Å². The van der Waals surface area contributed by atoms with Crippen molar-refractivity contribution in [1.82, 2.24) is 4.90 Å². The van der Waals surface area contributed by atoms with Gasteiger partial charge in [-0.3, -0.25) is 4.79 Å². The predicted molar refractivity (Wildman–Crippen MR) is 60.4 cm³/mol. The van der Waals surface area contributed by atoms with Gasteiger partial charge in [0, 0.05) is 13.6 Å². The molecule has 0 saturated heterocycles. The number of amides is 1. The third-order valence-electron chi connectivity index (χ3n) is 2.54. The van der Waals surface area contributed by atoms with Gasteiger partial charge in [0.15, 0.2) is 11.6 Å². The van der Waals surface area contributed by atoms with Crippen molar-refractivity contribution in [3.8, 4) is 5.75 Å². The second-order valence-corrected chi connectivity index (χ2v) is 4.05. The van der Waals surface area contributed by atoms with Gasteiger partial charge in [0.2, 0.25) is 0 Å². The van der Waals surface area contributed by atoms with Gasteiger partial charge in [0.05, 0.1) is 7.11 Å². The third kappa shape index (κ3) is 3.37. The van der Waals surface area contributed by atoms with Crippen LogP contribution < -0.4 is 4.74 Å². The van der Waals surface area contributed by atoms with Gasteiger partial charge in [0.25, 0.3) is 5.91 Å². The van der Waals surface area contributed by atoms with Crippen molar-refractivity contribution < 1.29 is 31.5 Å². The zero-order valence-electron chi connectivity index (χ0n) is 10.7. The number of carbonyl (C=O) groups excluding carboxylic acids is 1. The monoisotopic (exact) mass is 297 g/mol. The van der Waals surface area contributed by atoms with E-state index in [1.165, 1.54) is 19.2 Å². The molecule has 0 aromatic heterocycles. The summed E-state index contributed by atoms with van der Waals surface area (Å²) in [5.74, 6) is -7.59. The molecular weight excluding hydrogens is 285 g/mol. The zero-order valence-corrected chi connectivity index (χ0v) is 10.7. The Morgan fingerprint density at radius 3 is 2.45 bits per heavy atom. The highest BCUT2D eigenvalue weighted by molar-refractivity contribution is 5.83. The number of halogens is 5. The lowest BCUT2D eigenvalue weighted by atomic mass is 10.2. The first-order chi connectivity index (χ1) is 9.20. The molecule has 8 heteroatoms. The minimum atomic E-state index is -4.76. The molecule has 0 saturated carbocycles. The second kappa shape index (κ2) is 6.06. The summed E-state index contributed by atoms with van der Waals surface area (Å²) in [5, 5.41) is 0. The molecule has 1 rings (SSSR count). The summed E-state index contributed by atoms with van der Waals surface area (Å²) in [6.45, 7) is -0.429. The molecule has 0 heterocycles. The quantitative estimate of drug-likeness (QED) is 0.782. The zero-order chi connectivity index (χ0) is 15.5. The maximum Gasteiger partial charge on any atom is 0.383 e. The van der Waals surface area contributed by atoms with Gasteiger partial charge in [0.1, 0.15) is 0 Å². The molecule has 0 atom stereocenters. The average molecular weight is 297 g/mol. The predicted octanol–water partition coefficient (Wildman–Crippen LogP) is 2.69. The number of rotatable bonds is 5. The van der Waals surface area contributed by atoms with Crippen molar-refractivity contribution in [2.75, 3.05) is 14.2 Å². The standard InChI is InChI=1S/C12H12F5NO2/c1-18(11(19)12(16,17)10(14)15)6-7-3-4-9(20-2)8(13)5-7/h3-5,10H,6H2,1-2H3. The van der Waals surface area contributed by atoms with Gasteiger partial charge in [-0.05, 0) is 17.7 Å². The van der Waals surface area contributed by atoms with Crippen LogP contribution in [0.25, 0.3) is 0 Å². The Bertz CT molecular complexity index is 493. The molecule has 0 bridgehead atoms. The number of ether oxygens (including phenoxy) is 1. The molecular formula is C12H12F5NO2. The van der Waals surface area contributed by atoms with Crippen LogP contribution in [0.4, 0.5) is 22.0 Å². The molecule has 0 spiro atoms. The van der Waals surface area contributed by atoms with E-state index < -0.39 is 30.6 Å². The molecule has 20 heavy (non-hydrogen) atoms. The van der Waals surface area contributed by atoms with Crippen molar-refractivity contribution in [2.45, 2.75) is 18.9 Å². The van der Waals surface area contributed by atoms with Crippen LogP contribution >= 0.6 is 0 Å². The topological polar surface area (TPSA) is 29.5 Å². The van der Waals surface area contributed by atoms with Crippen molar-refractivity contribution in [2.24, 2.45) is 0 Å². The number of carbonyl (C=O) groups is 1. The molecule has 0 aliphatic carbocycles. The third-order valence-corrected chi connectivity index (χ3v) is 2.54. The highest BCUT2D eigenvalue weighted by Gasteiger charge is 2.50. The minimum absolute atomic E-state index is 0.0550. The maximum absolute atomic E-state index is 13.4. The smallest absolute Gasteiger partial charge is 0.383 e. The number of nitrogens with zero attached hydrogens (tertiary/aromatic N) is 1. The van der Waals surface area contributed by atoms with Crippen LogP contribution in [0.15, 0.2) is 18.2 Å². The van der Waals surface area contributed by atoms with E-state index in [1.807, 2.05) is 0 Å². The second-order valence-electron chi connectivity index (χ2n) is 4.05. The van der Waals surface area contributed by atoms with E-state index in [-0.39, 0.29) is 11.3 Å². The van der Waals surface area contributed by atoms with Crippen molar-refractivity contribution >= 4 is 5.91 Å². The Balaban J connectivity index is 2.83. The molecule has 0 radical (unpaired) electrons. The van der Waals surface area contributed by atoms with Gasteiger partial charge in [-0.25, -0.2) is 13.2 Å². The first-order valence-electron chi connectivity index (χ1n) is 5.44. The van der Waals surface area contributed by atoms with Crippen molar-refractivity contribution in [1.29, 1.82) is 0 Å². The summed E-state index contributed by atoms with van der Waals surface area (Å²) in [5.41, 5.74) is 0.171. The summed E-state index contributed by atoms with van der Waals surface area (Å²) in [6, 6.07) is 3.56. The number of alkyl halides is 4. The lowest BCUT2D eigenvalue weighted by molar-refractivity contribution is -0.179. The maximum atomic E-state index is 13.4. The fraction of sp³-hybridized carbons (Fsp3) is 0.417. The molecule has 3 nitrogen and oxygen atoms in total. The van der Waals surface area contributed by atoms with E-state index in [2.05, 4.69) is 4.74 Å². The van der Waals surface area contributed by atoms with E-state index in [9.17, 15) is 26.7 Å². The summed E-state index contributed by atoms with van der Waals surface area (Å²) in [6.07, 6.45) is -4.09. The molecule has 1 amide bonds. The molecule has 0 aliphatic rings. The van der Waals surface area contributed by atoms with Crippen LogP contribution in [0.1, 0.15) is 5.56 Å². The lowest BCUT2D eigenvalue weighted by Crippen LogP contribution is -2.45. The van der Waals surface area contributed by atoms with Crippen LogP contribution in [0, 0.1) is 5.82 Å². The van der Waals surface area contributed by atoms with Crippen LogP contribution in [-0.2, 0) is 11.3 Å². The van der Waals surface area contributed by atoms with E-state index >= 15 is 0 Å². The minimum Gasteiger partial charge on any atom is -0.494 e. The molecule has 1 aromatic carbocycles. The largest absolute Gasteiger partial charge is 0.494 e. The Labute approximate surface area is 111 Å². The van der Waals surface area contributed by atoms with Gasteiger partial charge < -0.3 is 9.64 Å². The Morgan fingerprint density at radius 2 is 2.00 bits per heavy atom. The normalized spacial score (nSPS) is 11.6. The molecule has 1 aromatic rings. The van der Waals surface area contributed by atoms with E-state index in [0.717, 1.165) is 13.1 Å². The van der Waals surface area contributed by atoms with Crippen molar-refractivity contribution in [3.05, 3.63) is 29.6 Å². The Morgan fingerprint density at radius 1 is 1.40 bits per heavy atom. The molecule has 0 aliphatic heterocycles. The number of methoxy groups -OCH3 is 1.